The van der Waals surface area contributed by atoms with Crippen LogP contribution in [0.2, 0.25) is 0 Å². The summed E-state index contributed by atoms with van der Waals surface area (Å²) in [6, 6.07) is 14.5. The molecular weight excluding hydrogens is 190 g/mol. The van der Waals surface area contributed by atoms with Gasteiger partial charge in [-0.15, -0.1) is 0 Å². The van der Waals surface area contributed by atoms with Crippen molar-refractivity contribution in [2.75, 3.05) is 0 Å². The average Bonchev–Trinajstić information content (AvgIpc) is 2.26. The maximum absolute atomic E-state index is 8.51. The highest BCUT2D eigenvalue weighted by Crippen LogP contribution is 2.21. The van der Waals surface area contributed by atoms with E-state index in [0.29, 0.717) is 0 Å². The lowest BCUT2D eigenvalue weighted by Crippen LogP contribution is -1.82. The van der Waals surface area contributed by atoms with E-state index in [1.54, 1.807) is 0 Å². The van der Waals surface area contributed by atoms with Crippen molar-refractivity contribution in [3.05, 3.63) is 48.0 Å². The van der Waals surface area contributed by atoms with E-state index >= 15 is 0 Å². The maximum atomic E-state index is 8.51. The molecule has 0 saturated heterocycles. The summed E-state index contributed by atoms with van der Waals surface area (Å²) < 4.78 is 0. The van der Waals surface area contributed by atoms with Crippen LogP contribution in [-0.2, 0) is 5.75 Å². The fourth-order valence-corrected chi connectivity index (χ4v) is 2.00. The average molecular weight is 199 g/mol. The first-order valence-electron chi connectivity index (χ1n) is 4.39. The van der Waals surface area contributed by atoms with E-state index in [-0.39, 0.29) is 0 Å². The quantitative estimate of drug-likeness (QED) is 0.690. The molecule has 0 heterocycles. The summed E-state index contributed by atoms with van der Waals surface area (Å²) in [6.45, 7) is 0. The van der Waals surface area contributed by atoms with Gasteiger partial charge in [0.1, 0.15) is 5.40 Å². The first kappa shape index (κ1) is 9.11. The van der Waals surface area contributed by atoms with Crippen molar-refractivity contribution >= 4 is 22.5 Å². The lowest BCUT2D eigenvalue weighted by molar-refractivity contribution is 1.47. The predicted octanol–water partition coefficient (Wildman–Crippen LogP) is 3.55. The highest BCUT2D eigenvalue weighted by molar-refractivity contribution is 8.02. The molecule has 0 amide bonds. The van der Waals surface area contributed by atoms with Gasteiger partial charge in [0.2, 0.25) is 0 Å². The molecule has 0 radical (unpaired) electrons. The standard InChI is InChI=1S/C12H9NS/c13-9-14-8-11-6-3-5-10-4-1-2-7-12(10)11/h1-7H,8H2. The summed E-state index contributed by atoms with van der Waals surface area (Å²) >= 11 is 1.28. The molecule has 0 fully saturated rings. The highest BCUT2D eigenvalue weighted by Gasteiger charge is 1.99. The maximum Gasteiger partial charge on any atom is 0.133 e. The van der Waals surface area contributed by atoms with Crippen molar-refractivity contribution in [2.45, 2.75) is 5.75 Å². The van der Waals surface area contributed by atoms with Crippen molar-refractivity contribution in [3.63, 3.8) is 0 Å². The Morgan fingerprint density at radius 3 is 2.71 bits per heavy atom. The smallest absolute Gasteiger partial charge is 0.133 e. The van der Waals surface area contributed by atoms with Crippen LogP contribution < -0.4 is 0 Å². The second-order valence-corrected chi connectivity index (χ2v) is 3.78. The van der Waals surface area contributed by atoms with Crippen LogP contribution in [0.1, 0.15) is 5.56 Å². The zero-order valence-electron chi connectivity index (χ0n) is 7.60. The third-order valence-electron chi connectivity index (χ3n) is 2.17. The molecule has 0 aromatic heterocycles. The Labute approximate surface area is 87.4 Å². The van der Waals surface area contributed by atoms with Gasteiger partial charge in [0.05, 0.1) is 0 Å². The van der Waals surface area contributed by atoms with Crippen molar-refractivity contribution in [1.29, 1.82) is 5.26 Å². The minimum atomic E-state index is 0.762. The molecule has 0 unspecified atom stereocenters. The summed E-state index contributed by atoms with van der Waals surface area (Å²) in [5, 5.41) is 13.1. The first-order valence-corrected chi connectivity index (χ1v) is 5.38. The van der Waals surface area contributed by atoms with Gasteiger partial charge in [0, 0.05) is 5.75 Å². The van der Waals surface area contributed by atoms with Crippen LogP contribution in [0.5, 0.6) is 0 Å². The van der Waals surface area contributed by atoms with Gasteiger partial charge in [-0.2, -0.15) is 5.26 Å². The van der Waals surface area contributed by atoms with Crippen LogP contribution in [0.3, 0.4) is 0 Å². The van der Waals surface area contributed by atoms with Crippen LogP contribution in [0.25, 0.3) is 10.8 Å². The summed E-state index contributed by atoms with van der Waals surface area (Å²) in [5.74, 6) is 0.762. The van der Waals surface area contributed by atoms with E-state index in [1.165, 1.54) is 28.1 Å². The normalized spacial score (nSPS) is 9.93. The number of thiocyanates is 1. The number of rotatable bonds is 2. The second-order valence-electron chi connectivity index (χ2n) is 3.02. The SMILES string of the molecule is N#CSCc1cccc2ccccc12. The molecule has 0 atom stereocenters. The van der Waals surface area contributed by atoms with Gasteiger partial charge in [0.15, 0.2) is 0 Å². The molecule has 2 aromatic carbocycles. The van der Waals surface area contributed by atoms with E-state index < -0.39 is 0 Å². The van der Waals surface area contributed by atoms with E-state index in [9.17, 15) is 0 Å². The van der Waals surface area contributed by atoms with Crippen LogP contribution in [-0.4, -0.2) is 0 Å². The van der Waals surface area contributed by atoms with Gasteiger partial charge >= 0.3 is 0 Å². The van der Waals surface area contributed by atoms with Crippen molar-refractivity contribution in [1.82, 2.24) is 0 Å². The van der Waals surface area contributed by atoms with Crippen molar-refractivity contribution < 1.29 is 0 Å². The topological polar surface area (TPSA) is 23.8 Å². The molecule has 2 heteroatoms. The molecule has 0 saturated carbocycles. The number of fused-ring (bicyclic) bond motifs is 1. The van der Waals surface area contributed by atoms with E-state index in [0.717, 1.165) is 5.75 Å². The van der Waals surface area contributed by atoms with Crippen molar-refractivity contribution in [3.8, 4) is 5.40 Å². The van der Waals surface area contributed by atoms with Gasteiger partial charge in [-0.25, -0.2) is 0 Å². The first-order chi connectivity index (χ1) is 6.92. The number of benzene rings is 2. The van der Waals surface area contributed by atoms with Gasteiger partial charge < -0.3 is 0 Å². The highest BCUT2D eigenvalue weighted by atomic mass is 32.2. The van der Waals surface area contributed by atoms with Crippen LogP contribution in [0, 0.1) is 10.7 Å². The van der Waals surface area contributed by atoms with Gasteiger partial charge in [-0.1, -0.05) is 42.5 Å². The second kappa shape index (κ2) is 4.17. The number of nitriles is 1. The third kappa shape index (κ3) is 1.73. The predicted molar refractivity (Wildman–Crippen MR) is 60.9 cm³/mol. The number of nitrogens with zero attached hydrogens (tertiary/aromatic N) is 1. The largest absolute Gasteiger partial charge is 0.185 e. The lowest BCUT2D eigenvalue weighted by Gasteiger charge is -2.02. The molecule has 1 nitrogen and oxygen atoms in total. The monoisotopic (exact) mass is 199 g/mol. The van der Waals surface area contributed by atoms with Crippen LogP contribution in [0.4, 0.5) is 0 Å². The molecule has 0 N–H and O–H groups in total. The Bertz CT molecular complexity index is 480. The van der Waals surface area contributed by atoms with Crippen LogP contribution >= 0.6 is 11.8 Å². The molecular formula is C12H9NS. The van der Waals surface area contributed by atoms with Gasteiger partial charge in [-0.05, 0) is 28.1 Å². The van der Waals surface area contributed by atoms with E-state index in [4.69, 9.17) is 5.26 Å². The molecule has 0 spiro atoms. The number of thioether (sulfide) groups is 1. The molecule has 0 aliphatic carbocycles. The van der Waals surface area contributed by atoms with Crippen LogP contribution in [0.15, 0.2) is 42.5 Å². The summed E-state index contributed by atoms with van der Waals surface area (Å²) in [7, 11) is 0. The zero-order valence-corrected chi connectivity index (χ0v) is 8.42. The Morgan fingerprint density at radius 1 is 1.07 bits per heavy atom. The minimum absolute atomic E-state index is 0.762. The van der Waals surface area contributed by atoms with Gasteiger partial charge in [0.25, 0.3) is 0 Å². The van der Waals surface area contributed by atoms with E-state index in [2.05, 4.69) is 29.7 Å². The summed E-state index contributed by atoms with van der Waals surface area (Å²) in [5.41, 5.74) is 1.23. The Kier molecular flexibility index (Phi) is 2.71. The van der Waals surface area contributed by atoms with E-state index in [1.807, 2.05) is 18.2 Å². The molecule has 2 rings (SSSR count). The molecule has 0 aliphatic heterocycles. The van der Waals surface area contributed by atoms with Crippen molar-refractivity contribution in [2.24, 2.45) is 0 Å². The Balaban J connectivity index is 2.49. The fourth-order valence-electron chi connectivity index (χ4n) is 1.53. The minimum Gasteiger partial charge on any atom is -0.185 e. The molecule has 0 bridgehead atoms. The lowest BCUT2D eigenvalue weighted by atomic mass is 10.1. The summed E-state index contributed by atoms with van der Waals surface area (Å²) in [4.78, 5) is 0. The fraction of sp³-hybridized carbons (Fsp3) is 0.0833. The number of hydrogen-bond acceptors (Lipinski definition) is 2. The molecule has 14 heavy (non-hydrogen) atoms. The van der Waals surface area contributed by atoms with Gasteiger partial charge in [-0.3, -0.25) is 0 Å². The summed E-state index contributed by atoms with van der Waals surface area (Å²) in [6.07, 6.45) is 0. The third-order valence-corrected chi connectivity index (χ3v) is 2.76. The molecule has 0 aliphatic rings. The number of hydrogen-bond donors (Lipinski definition) is 0. The Morgan fingerprint density at radius 2 is 1.86 bits per heavy atom. The molecule has 68 valence electrons. The molecule has 2 aromatic rings. The Hall–Kier alpha value is -1.46. The zero-order chi connectivity index (χ0) is 9.80.